The first kappa shape index (κ1) is 14.1. The standard InChI is InChI=1S/C17H16FN3O2/c1-10-8-12(18)7-6-11(10)9-15-19-17(23-20-15)16-13-4-2-3-5-14(13)22-21-16/h6-8H,2-5,9H2,1H3. The van der Waals surface area contributed by atoms with Gasteiger partial charge in [-0.15, -0.1) is 0 Å². The van der Waals surface area contributed by atoms with Crippen LogP contribution in [0.25, 0.3) is 11.6 Å². The van der Waals surface area contributed by atoms with Gasteiger partial charge in [0.25, 0.3) is 5.89 Å². The molecule has 0 saturated carbocycles. The second-order valence-corrected chi connectivity index (χ2v) is 5.90. The number of fused-ring (bicyclic) bond motifs is 1. The van der Waals surface area contributed by atoms with Crippen molar-refractivity contribution in [1.29, 1.82) is 0 Å². The fraction of sp³-hybridized carbons (Fsp3) is 0.353. The highest BCUT2D eigenvalue weighted by Gasteiger charge is 2.24. The van der Waals surface area contributed by atoms with E-state index in [1.54, 1.807) is 6.07 Å². The molecule has 4 rings (SSSR count). The van der Waals surface area contributed by atoms with Crippen molar-refractivity contribution in [3.63, 3.8) is 0 Å². The van der Waals surface area contributed by atoms with Crippen LogP contribution in [0, 0.1) is 12.7 Å². The Balaban J connectivity index is 1.61. The van der Waals surface area contributed by atoms with Crippen molar-refractivity contribution in [3.8, 4) is 11.6 Å². The average Bonchev–Trinajstić information content (AvgIpc) is 3.16. The fourth-order valence-electron chi connectivity index (χ4n) is 3.00. The maximum atomic E-state index is 13.2. The van der Waals surface area contributed by atoms with Gasteiger partial charge in [-0.05, 0) is 49.4 Å². The number of aryl methyl sites for hydroxylation is 2. The van der Waals surface area contributed by atoms with Crippen LogP contribution in [-0.2, 0) is 19.3 Å². The summed E-state index contributed by atoms with van der Waals surface area (Å²) in [5, 5.41) is 8.12. The molecule has 5 nitrogen and oxygen atoms in total. The van der Waals surface area contributed by atoms with Crippen molar-refractivity contribution in [2.45, 2.75) is 39.0 Å². The fourth-order valence-corrected chi connectivity index (χ4v) is 3.00. The molecule has 0 fully saturated rings. The van der Waals surface area contributed by atoms with Gasteiger partial charge in [0, 0.05) is 18.4 Å². The SMILES string of the molecule is Cc1cc(F)ccc1Cc1noc(-c2noc3c2CCCC3)n1. The molecule has 0 amide bonds. The van der Waals surface area contributed by atoms with Gasteiger partial charge in [0.1, 0.15) is 11.6 Å². The molecule has 0 aliphatic heterocycles. The Kier molecular flexibility index (Phi) is 3.44. The van der Waals surface area contributed by atoms with E-state index in [1.165, 1.54) is 12.1 Å². The minimum Gasteiger partial charge on any atom is -0.360 e. The monoisotopic (exact) mass is 313 g/mol. The lowest BCUT2D eigenvalue weighted by molar-refractivity contribution is 0.369. The van der Waals surface area contributed by atoms with Gasteiger partial charge in [-0.3, -0.25) is 0 Å². The summed E-state index contributed by atoms with van der Waals surface area (Å²) in [7, 11) is 0. The summed E-state index contributed by atoms with van der Waals surface area (Å²) in [5.41, 5.74) is 3.59. The lowest BCUT2D eigenvalue weighted by atomic mass is 9.96. The highest BCUT2D eigenvalue weighted by Crippen LogP contribution is 2.30. The molecule has 0 N–H and O–H groups in total. The zero-order chi connectivity index (χ0) is 15.8. The molecule has 0 unspecified atom stereocenters. The molecule has 1 aliphatic carbocycles. The topological polar surface area (TPSA) is 65.0 Å². The lowest BCUT2D eigenvalue weighted by Gasteiger charge is -2.07. The van der Waals surface area contributed by atoms with E-state index in [4.69, 9.17) is 9.05 Å². The van der Waals surface area contributed by atoms with E-state index in [0.717, 1.165) is 48.1 Å². The molecule has 1 aromatic carbocycles. The third-order valence-electron chi connectivity index (χ3n) is 4.27. The second-order valence-electron chi connectivity index (χ2n) is 5.90. The van der Waals surface area contributed by atoms with Gasteiger partial charge >= 0.3 is 0 Å². The first-order chi connectivity index (χ1) is 11.2. The van der Waals surface area contributed by atoms with Crippen LogP contribution in [0.4, 0.5) is 4.39 Å². The Morgan fingerprint density at radius 3 is 2.87 bits per heavy atom. The maximum absolute atomic E-state index is 13.2. The Labute approximate surface area is 132 Å². The normalized spacial score (nSPS) is 14.0. The smallest absolute Gasteiger partial charge is 0.280 e. The van der Waals surface area contributed by atoms with Crippen molar-refractivity contribution in [3.05, 3.63) is 52.3 Å². The zero-order valence-corrected chi connectivity index (χ0v) is 12.8. The van der Waals surface area contributed by atoms with Gasteiger partial charge in [0.05, 0.1) is 0 Å². The minimum atomic E-state index is -0.241. The van der Waals surface area contributed by atoms with Gasteiger partial charge in [-0.2, -0.15) is 4.98 Å². The van der Waals surface area contributed by atoms with E-state index in [2.05, 4.69) is 15.3 Å². The van der Waals surface area contributed by atoms with Crippen molar-refractivity contribution in [1.82, 2.24) is 15.3 Å². The van der Waals surface area contributed by atoms with E-state index >= 15 is 0 Å². The van der Waals surface area contributed by atoms with Crippen molar-refractivity contribution >= 4 is 0 Å². The lowest BCUT2D eigenvalue weighted by Crippen LogP contribution is -2.00. The van der Waals surface area contributed by atoms with E-state index in [9.17, 15) is 4.39 Å². The number of aromatic nitrogens is 3. The second kappa shape index (κ2) is 5.61. The van der Waals surface area contributed by atoms with Gasteiger partial charge in [-0.25, -0.2) is 4.39 Å². The molecule has 6 heteroatoms. The van der Waals surface area contributed by atoms with Crippen LogP contribution < -0.4 is 0 Å². The molecular formula is C17H16FN3O2. The van der Waals surface area contributed by atoms with E-state index in [-0.39, 0.29) is 5.82 Å². The van der Waals surface area contributed by atoms with Crippen molar-refractivity contribution in [2.24, 2.45) is 0 Å². The van der Waals surface area contributed by atoms with Crippen LogP contribution in [0.5, 0.6) is 0 Å². The highest BCUT2D eigenvalue weighted by atomic mass is 19.1. The van der Waals surface area contributed by atoms with Crippen LogP contribution >= 0.6 is 0 Å². The molecule has 2 heterocycles. The number of hydrogen-bond acceptors (Lipinski definition) is 5. The van der Waals surface area contributed by atoms with Crippen LogP contribution in [-0.4, -0.2) is 15.3 Å². The summed E-state index contributed by atoms with van der Waals surface area (Å²) in [6.45, 7) is 1.87. The number of nitrogens with zero attached hydrogens (tertiary/aromatic N) is 3. The molecule has 2 aromatic heterocycles. The van der Waals surface area contributed by atoms with Crippen LogP contribution in [0.3, 0.4) is 0 Å². The summed E-state index contributed by atoms with van der Waals surface area (Å²) in [6.07, 6.45) is 4.59. The minimum absolute atomic E-state index is 0.241. The summed E-state index contributed by atoms with van der Waals surface area (Å²) in [5.74, 6) is 1.64. The molecule has 0 radical (unpaired) electrons. The van der Waals surface area contributed by atoms with Crippen LogP contribution in [0.1, 0.15) is 41.1 Å². The summed E-state index contributed by atoms with van der Waals surface area (Å²) in [6, 6.07) is 4.69. The van der Waals surface area contributed by atoms with Gasteiger partial charge < -0.3 is 9.05 Å². The molecule has 3 aromatic rings. The quantitative estimate of drug-likeness (QED) is 0.738. The Morgan fingerprint density at radius 1 is 1.13 bits per heavy atom. The molecule has 1 aliphatic rings. The third-order valence-corrected chi connectivity index (χ3v) is 4.27. The van der Waals surface area contributed by atoms with Crippen molar-refractivity contribution in [2.75, 3.05) is 0 Å². The van der Waals surface area contributed by atoms with E-state index < -0.39 is 0 Å². The predicted molar refractivity (Wildman–Crippen MR) is 80.4 cm³/mol. The predicted octanol–water partition coefficient (Wildman–Crippen LogP) is 3.64. The molecule has 118 valence electrons. The maximum Gasteiger partial charge on any atom is 0.280 e. The summed E-state index contributed by atoms with van der Waals surface area (Å²) in [4.78, 5) is 4.43. The Bertz CT molecular complexity index is 853. The van der Waals surface area contributed by atoms with Gasteiger partial charge in [0.2, 0.25) is 0 Å². The molecule has 0 spiro atoms. The van der Waals surface area contributed by atoms with Crippen LogP contribution in [0.15, 0.2) is 27.2 Å². The molecule has 0 saturated heterocycles. The molecular weight excluding hydrogens is 297 g/mol. The summed E-state index contributed by atoms with van der Waals surface area (Å²) >= 11 is 0. The Morgan fingerprint density at radius 2 is 2.00 bits per heavy atom. The summed E-state index contributed by atoms with van der Waals surface area (Å²) < 4.78 is 23.9. The first-order valence-corrected chi connectivity index (χ1v) is 7.76. The largest absolute Gasteiger partial charge is 0.360 e. The first-order valence-electron chi connectivity index (χ1n) is 7.76. The van der Waals surface area contributed by atoms with E-state index in [0.29, 0.717) is 23.8 Å². The van der Waals surface area contributed by atoms with E-state index in [1.807, 2.05) is 6.92 Å². The number of rotatable bonds is 3. The van der Waals surface area contributed by atoms with Crippen molar-refractivity contribution < 1.29 is 13.4 Å². The highest BCUT2D eigenvalue weighted by molar-refractivity contribution is 5.54. The number of benzene rings is 1. The molecule has 23 heavy (non-hydrogen) atoms. The van der Waals surface area contributed by atoms with Gasteiger partial charge in [-0.1, -0.05) is 16.4 Å². The third kappa shape index (κ3) is 2.65. The average molecular weight is 313 g/mol. The molecule has 0 atom stereocenters. The Hall–Kier alpha value is -2.50. The molecule has 0 bridgehead atoms. The number of halogens is 1. The zero-order valence-electron chi connectivity index (χ0n) is 12.8. The van der Waals surface area contributed by atoms with Gasteiger partial charge in [0.15, 0.2) is 11.5 Å². The van der Waals surface area contributed by atoms with Crippen LogP contribution in [0.2, 0.25) is 0 Å². The number of hydrogen-bond donors (Lipinski definition) is 0.